The molecular formula is C49H70N8O7. The number of aromatic amines is 2. The fourth-order valence-electron chi connectivity index (χ4n) is 10.9. The molecule has 4 N–H and O–H groups in total. The number of amides is 4. The molecule has 0 radical (unpaired) electrons. The largest absolute Gasteiger partial charge is 0.447 e. The maximum atomic E-state index is 14.0. The number of alkyl carbamates (subject to hydrolysis) is 2. The Bertz CT molecular complexity index is 2180. The second-order valence-electron chi connectivity index (χ2n) is 20.7. The molecule has 3 aromatic rings. The predicted molar refractivity (Wildman–Crippen MR) is 241 cm³/mol. The van der Waals surface area contributed by atoms with E-state index in [1.807, 2.05) is 70.7 Å². The van der Waals surface area contributed by atoms with Gasteiger partial charge in [0.25, 0.3) is 0 Å². The number of nitrogens with one attached hydrogen (secondary N) is 4. The Morgan fingerprint density at radius 1 is 0.703 bits per heavy atom. The first-order chi connectivity index (χ1) is 30.5. The number of hydrogen-bond donors (Lipinski definition) is 4. The number of ether oxygens (including phenoxy) is 3. The topological polar surface area (TPSA) is 184 Å². The predicted octanol–water partition coefficient (Wildman–Crippen LogP) is 9.18. The third-order valence-electron chi connectivity index (χ3n) is 13.9. The van der Waals surface area contributed by atoms with Crippen molar-refractivity contribution in [1.82, 2.24) is 40.4 Å². The Balaban J connectivity index is 0.938. The van der Waals surface area contributed by atoms with Crippen molar-refractivity contribution in [2.45, 2.75) is 186 Å². The number of fused-ring (bicyclic) bond motifs is 5. The number of hydrogen-bond acceptors (Lipinski definition) is 9. The number of benzene rings is 1. The van der Waals surface area contributed by atoms with Crippen LogP contribution in [-0.4, -0.2) is 90.6 Å². The minimum absolute atomic E-state index is 0.0548. The first-order valence-corrected chi connectivity index (χ1v) is 24.0. The molecule has 64 heavy (non-hydrogen) atoms. The molecule has 2 unspecified atom stereocenters. The third-order valence-corrected chi connectivity index (χ3v) is 13.9. The number of H-pyrrole nitrogens is 2. The number of rotatable bonds is 12. The zero-order chi connectivity index (χ0) is 45.6. The minimum Gasteiger partial charge on any atom is -0.447 e. The van der Waals surface area contributed by atoms with E-state index in [1.54, 1.807) is 13.8 Å². The summed E-state index contributed by atoms with van der Waals surface area (Å²) in [4.78, 5) is 73.9. The van der Waals surface area contributed by atoms with Gasteiger partial charge in [-0.15, -0.1) is 0 Å². The Morgan fingerprint density at radius 2 is 1.25 bits per heavy atom. The van der Waals surface area contributed by atoms with Gasteiger partial charge in [-0.3, -0.25) is 9.59 Å². The Hall–Kier alpha value is -4.92. The van der Waals surface area contributed by atoms with Crippen molar-refractivity contribution >= 4 is 24.0 Å². The van der Waals surface area contributed by atoms with Gasteiger partial charge in [-0.2, -0.15) is 0 Å². The van der Waals surface area contributed by atoms with Crippen molar-refractivity contribution in [2.75, 3.05) is 13.1 Å². The van der Waals surface area contributed by atoms with Gasteiger partial charge in [0.15, 0.2) is 0 Å². The van der Waals surface area contributed by atoms with E-state index < -0.39 is 29.9 Å². The van der Waals surface area contributed by atoms with Gasteiger partial charge in [0.05, 0.1) is 42.3 Å². The van der Waals surface area contributed by atoms with Crippen LogP contribution >= 0.6 is 0 Å². The van der Waals surface area contributed by atoms with Crippen LogP contribution in [0.4, 0.5) is 9.59 Å². The van der Waals surface area contributed by atoms with Crippen LogP contribution in [-0.2, 0) is 23.8 Å². The number of aromatic nitrogens is 4. The molecule has 4 fully saturated rings. The van der Waals surface area contributed by atoms with Crippen LogP contribution in [0.15, 0.2) is 24.5 Å². The van der Waals surface area contributed by atoms with Gasteiger partial charge in [0.1, 0.15) is 29.3 Å². The molecule has 5 aliphatic rings. The van der Waals surface area contributed by atoms with Gasteiger partial charge in [-0.1, -0.05) is 39.8 Å². The highest BCUT2D eigenvalue weighted by atomic mass is 16.6. The van der Waals surface area contributed by atoms with E-state index in [2.05, 4.69) is 32.7 Å². The van der Waals surface area contributed by atoms with Crippen LogP contribution in [0.2, 0.25) is 0 Å². The number of likely N-dealkylation sites (tertiary alicyclic amines) is 2. The first kappa shape index (κ1) is 45.6. The summed E-state index contributed by atoms with van der Waals surface area (Å²) < 4.78 is 17.4. The van der Waals surface area contributed by atoms with Gasteiger partial charge in [0.2, 0.25) is 11.8 Å². The molecule has 3 saturated heterocycles. The Labute approximate surface area is 377 Å². The Morgan fingerprint density at radius 3 is 1.83 bits per heavy atom. The summed E-state index contributed by atoms with van der Waals surface area (Å²) in [5.74, 6) is 1.92. The molecule has 0 spiro atoms. The summed E-state index contributed by atoms with van der Waals surface area (Å²) in [6.45, 7) is 18.0. The summed E-state index contributed by atoms with van der Waals surface area (Å²) in [6, 6.07) is 2.81. The van der Waals surface area contributed by atoms with Crippen molar-refractivity contribution in [1.29, 1.82) is 0 Å². The molecule has 15 nitrogen and oxygen atoms in total. The van der Waals surface area contributed by atoms with Crippen LogP contribution < -0.4 is 10.6 Å². The van der Waals surface area contributed by atoms with E-state index >= 15 is 0 Å². The summed E-state index contributed by atoms with van der Waals surface area (Å²) in [6.07, 6.45) is 12.2. The first-order valence-electron chi connectivity index (χ1n) is 24.0. The molecule has 348 valence electrons. The molecule has 6 atom stereocenters. The smallest absolute Gasteiger partial charge is 0.408 e. The van der Waals surface area contributed by atoms with Crippen LogP contribution in [0, 0.1) is 11.8 Å². The molecule has 2 bridgehead atoms. The monoisotopic (exact) mass is 883 g/mol. The third kappa shape index (κ3) is 9.42. The van der Waals surface area contributed by atoms with E-state index in [9.17, 15) is 19.2 Å². The van der Waals surface area contributed by atoms with Gasteiger partial charge < -0.3 is 44.6 Å². The lowest BCUT2D eigenvalue weighted by atomic mass is 9.73. The lowest BCUT2D eigenvalue weighted by Crippen LogP contribution is -2.52. The maximum absolute atomic E-state index is 14.0. The number of carbonyl (C=O) groups is 4. The molecule has 1 aliphatic carbocycles. The van der Waals surface area contributed by atoms with Gasteiger partial charge in [-0.05, 0) is 133 Å². The summed E-state index contributed by atoms with van der Waals surface area (Å²) in [5.41, 5.74) is 6.58. The molecule has 8 rings (SSSR count). The molecule has 15 heteroatoms. The van der Waals surface area contributed by atoms with Crippen molar-refractivity contribution in [3.05, 3.63) is 58.6 Å². The van der Waals surface area contributed by atoms with Crippen LogP contribution in [0.1, 0.15) is 197 Å². The van der Waals surface area contributed by atoms with Crippen molar-refractivity contribution in [2.24, 2.45) is 11.8 Å². The molecule has 6 heterocycles. The summed E-state index contributed by atoms with van der Waals surface area (Å²) in [7, 11) is 0. The second-order valence-corrected chi connectivity index (χ2v) is 20.7. The normalized spacial score (nSPS) is 25.2. The van der Waals surface area contributed by atoms with E-state index in [0.29, 0.717) is 24.9 Å². The number of imidazole rings is 2. The van der Waals surface area contributed by atoms with E-state index in [-0.39, 0.29) is 54.0 Å². The van der Waals surface area contributed by atoms with Gasteiger partial charge in [0, 0.05) is 36.5 Å². The molecule has 1 saturated carbocycles. The van der Waals surface area contributed by atoms with E-state index in [1.165, 1.54) is 16.7 Å². The Kier molecular flexibility index (Phi) is 13.2. The number of carbonyl (C=O) groups excluding carboxylic acids is 4. The highest BCUT2D eigenvalue weighted by Crippen LogP contribution is 2.57. The highest BCUT2D eigenvalue weighted by Gasteiger charge is 2.44. The molecule has 1 aromatic carbocycles. The summed E-state index contributed by atoms with van der Waals surface area (Å²) in [5, 5.41) is 5.66. The molecule has 4 amide bonds. The van der Waals surface area contributed by atoms with Gasteiger partial charge in [-0.25, -0.2) is 19.6 Å². The SMILES string of the molecule is CC(C)OC(=O)N[C@H](C(=O)N1CCC[C@H]1c1ncc(C2CCC(c3ccc(-c4cnc([C@@H]5CCCN5C(=O)[C@@H](NC(=O)OC(C)(C)C)C(C)C)[nH]4)c4c3C3CCC4O3)CC2)[nH]1)C(C)C. The van der Waals surface area contributed by atoms with Crippen molar-refractivity contribution in [3.63, 3.8) is 0 Å². The van der Waals surface area contributed by atoms with Gasteiger partial charge >= 0.3 is 12.2 Å². The van der Waals surface area contributed by atoms with E-state index in [0.717, 1.165) is 92.8 Å². The van der Waals surface area contributed by atoms with Crippen molar-refractivity contribution in [3.8, 4) is 11.3 Å². The molecular weight excluding hydrogens is 813 g/mol. The second kappa shape index (κ2) is 18.5. The zero-order valence-electron chi connectivity index (χ0n) is 39.3. The molecule has 2 aromatic heterocycles. The zero-order valence-corrected chi connectivity index (χ0v) is 39.3. The van der Waals surface area contributed by atoms with Crippen LogP contribution in [0.5, 0.6) is 0 Å². The summed E-state index contributed by atoms with van der Waals surface area (Å²) >= 11 is 0. The fourth-order valence-corrected chi connectivity index (χ4v) is 10.9. The lowest BCUT2D eigenvalue weighted by Gasteiger charge is -2.31. The quantitative estimate of drug-likeness (QED) is 0.138. The highest BCUT2D eigenvalue weighted by molar-refractivity contribution is 5.87. The maximum Gasteiger partial charge on any atom is 0.408 e. The molecule has 4 aliphatic heterocycles. The standard InChI is InChI=1S/C49H70N8O7/c1-26(2)41(54-47(60)62-28(5)6)45(58)56-22-10-12-35(56)43-50-24-33(52-43)30-16-14-29(15-17-30)31-18-19-32(40-38-21-20-37(63-38)39(31)40)34-25-51-44(53-34)36-13-11-23-57(36)46(59)42(27(3)4)55-48(61)64-49(7,8)9/h18-19,24-30,35-38,41-42H,10-17,20-23H2,1-9H3,(H,50,52)(H,51,53)(H,54,60)(H,55,61)/t29?,30?,35-,36-,37?,38?,41-,42-/m0/s1. The number of nitrogens with zero attached hydrogens (tertiary/aromatic N) is 4. The fraction of sp³-hybridized carbons (Fsp3) is 0.673. The lowest BCUT2D eigenvalue weighted by molar-refractivity contribution is -0.136. The van der Waals surface area contributed by atoms with Crippen LogP contribution in [0.3, 0.4) is 0 Å². The van der Waals surface area contributed by atoms with E-state index in [4.69, 9.17) is 24.2 Å². The van der Waals surface area contributed by atoms with Crippen LogP contribution in [0.25, 0.3) is 11.3 Å². The average Bonchev–Trinajstić information content (AvgIpc) is 4.10. The average molecular weight is 883 g/mol. The minimum atomic E-state index is -0.712. The van der Waals surface area contributed by atoms with Crippen molar-refractivity contribution < 1.29 is 33.4 Å².